The molecule has 0 fully saturated rings. The van der Waals surface area contributed by atoms with Gasteiger partial charge in [0, 0.05) is 19.2 Å². The van der Waals surface area contributed by atoms with E-state index in [0.29, 0.717) is 17.5 Å². The summed E-state index contributed by atoms with van der Waals surface area (Å²) in [5.41, 5.74) is 0. The Morgan fingerprint density at radius 1 is 1.47 bits per heavy atom. The van der Waals surface area contributed by atoms with Gasteiger partial charge in [0.05, 0.1) is 0 Å². The molecule has 0 unspecified atom stereocenters. The third-order valence-corrected chi connectivity index (χ3v) is 2.41. The van der Waals surface area contributed by atoms with Crippen LogP contribution < -0.4 is 10.2 Å². The molecule has 19 heavy (non-hydrogen) atoms. The average Bonchev–Trinajstić information content (AvgIpc) is 2.74. The summed E-state index contributed by atoms with van der Waals surface area (Å²) in [5, 5.41) is 11.7. The number of nitrogens with zero attached hydrogens (tertiary/aromatic N) is 3. The molecule has 0 saturated heterocycles. The average molecular weight is 262 g/mol. The van der Waals surface area contributed by atoms with Gasteiger partial charge in [-0.3, -0.25) is 4.79 Å². The molecule has 7 nitrogen and oxygen atoms in total. The van der Waals surface area contributed by atoms with Gasteiger partial charge in [-0.1, -0.05) is 0 Å². The maximum Gasteiger partial charge on any atom is 0.323 e. The lowest BCUT2D eigenvalue weighted by atomic mass is 10.4. The van der Waals surface area contributed by atoms with Crippen LogP contribution in [-0.2, 0) is 4.79 Å². The minimum absolute atomic E-state index is 0.129. The van der Waals surface area contributed by atoms with Gasteiger partial charge in [-0.25, -0.2) is 9.97 Å². The number of furan rings is 1. The maximum absolute atomic E-state index is 10.6. The van der Waals surface area contributed by atoms with Crippen molar-refractivity contribution in [1.29, 1.82) is 0 Å². The van der Waals surface area contributed by atoms with Crippen molar-refractivity contribution in [2.24, 2.45) is 0 Å². The number of nitrogens with one attached hydrogen (secondary N) is 1. The molecule has 2 heterocycles. The molecule has 0 atom stereocenters. The van der Waals surface area contributed by atoms with Gasteiger partial charge in [0.15, 0.2) is 5.88 Å². The van der Waals surface area contributed by atoms with E-state index in [4.69, 9.17) is 9.52 Å². The van der Waals surface area contributed by atoms with E-state index in [1.807, 2.05) is 13.0 Å². The van der Waals surface area contributed by atoms with E-state index in [1.54, 1.807) is 19.2 Å². The van der Waals surface area contributed by atoms with Crippen LogP contribution in [0.3, 0.4) is 0 Å². The summed E-state index contributed by atoms with van der Waals surface area (Å²) >= 11 is 0. The second-order valence-corrected chi connectivity index (χ2v) is 4.05. The summed E-state index contributed by atoms with van der Waals surface area (Å²) in [5.74, 6) is 1.50. The molecule has 100 valence electrons. The highest BCUT2D eigenvalue weighted by atomic mass is 16.4. The van der Waals surface area contributed by atoms with Gasteiger partial charge in [0.25, 0.3) is 0 Å². The van der Waals surface area contributed by atoms with Gasteiger partial charge in [-0.05, 0) is 13.0 Å². The van der Waals surface area contributed by atoms with E-state index in [0.717, 1.165) is 5.76 Å². The Kier molecular flexibility index (Phi) is 3.65. The van der Waals surface area contributed by atoms with Crippen LogP contribution in [0, 0.1) is 6.92 Å². The van der Waals surface area contributed by atoms with E-state index in [2.05, 4.69) is 15.3 Å². The first kappa shape index (κ1) is 12.9. The smallest absolute Gasteiger partial charge is 0.323 e. The molecule has 0 bridgehead atoms. The predicted octanol–water partition coefficient (Wildman–Crippen LogP) is 1.64. The van der Waals surface area contributed by atoms with Crippen molar-refractivity contribution in [2.45, 2.75) is 6.92 Å². The van der Waals surface area contributed by atoms with E-state index < -0.39 is 5.97 Å². The minimum atomic E-state index is -0.919. The van der Waals surface area contributed by atoms with Gasteiger partial charge < -0.3 is 19.7 Å². The van der Waals surface area contributed by atoms with Crippen molar-refractivity contribution in [3.63, 3.8) is 0 Å². The molecule has 2 aromatic heterocycles. The highest BCUT2D eigenvalue weighted by Crippen LogP contribution is 2.19. The second-order valence-electron chi connectivity index (χ2n) is 4.05. The number of anilines is 3. The summed E-state index contributed by atoms with van der Waals surface area (Å²) < 4.78 is 5.37. The molecule has 2 rings (SSSR count). The van der Waals surface area contributed by atoms with Crippen LogP contribution in [-0.4, -0.2) is 34.6 Å². The molecule has 2 aromatic rings. The van der Waals surface area contributed by atoms with Crippen molar-refractivity contribution < 1.29 is 14.3 Å². The van der Waals surface area contributed by atoms with E-state index >= 15 is 0 Å². The Balaban J connectivity index is 2.12. The summed E-state index contributed by atoms with van der Waals surface area (Å²) in [6.07, 6.45) is 1.37. The Morgan fingerprint density at radius 3 is 2.89 bits per heavy atom. The predicted molar refractivity (Wildman–Crippen MR) is 69.7 cm³/mol. The Labute approximate surface area is 109 Å². The van der Waals surface area contributed by atoms with Gasteiger partial charge >= 0.3 is 5.97 Å². The standard InChI is InChI=1S/C12H14N4O3/c1-8-3-4-11(19-8)15-9-5-10(14-7-13-9)16(2)6-12(17)18/h3-5,7H,6H2,1-2H3,(H,17,18)(H,13,14,15). The number of rotatable bonds is 5. The number of carboxylic acid groups (broad SMARTS) is 1. The summed E-state index contributed by atoms with van der Waals surface area (Å²) in [6.45, 7) is 1.72. The number of hydrogen-bond donors (Lipinski definition) is 2. The molecular weight excluding hydrogens is 248 g/mol. The molecule has 0 aliphatic heterocycles. The monoisotopic (exact) mass is 262 g/mol. The Morgan fingerprint density at radius 2 is 2.26 bits per heavy atom. The van der Waals surface area contributed by atoms with E-state index in [-0.39, 0.29) is 6.54 Å². The SMILES string of the molecule is Cc1ccc(Nc2cc(N(C)CC(=O)O)ncn2)o1. The lowest BCUT2D eigenvalue weighted by Crippen LogP contribution is -2.26. The van der Waals surface area contributed by atoms with Gasteiger partial charge in [0.1, 0.15) is 30.3 Å². The highest BCUT2D eigenvalue weighted by molar-refractivity contribution is 5.73. The fraction of sp³-hybridized carbons (Fsp3) is 0.250. The van der Waals surface area contributed by atoms with Gasteiger partial charge in [0.2, 0.25) is 0 Å². The molecular formula is C12H14N4O3. The summed E-state index contributed by atoms with van der Waals surface area (Å²) in [6, 6.07) is 5.28. The molecule has 0 aromatic carbocycles. The third-order valence-electron chi connectivity index (χ3n) is 2.41. The lowest BCUT2D eigenvalue weighted by molar-refractivity contribution is -0.135. The van der Waals surface area contributed by atoms with Crippen LogP contribution in [0.1, 0.15) is 5.76 Å². The fourth-order valence-corrected chi connectivity index (χ4v) is 1.54. The first-order valence-corrected chi connectivity index (χ1v) is 5.63. The van der Waals surface area contributed by atoms with Gasteiger partial charge in [-0.15, -0.1) is 0 Å². The van der Waals surface area contributed by atoms with Crippen LogP contribution in [0.25, 0.3) is 0 Å². The fourth-order valence-electron chi connectivity index (χ4n) is 1.54. The van der Waals surface area contributed by atoms with Crippen LogP contribution in [0.5, 0.6) is 0 Å². The van der Waals surface area contributed by atoms with Crippen LogP contribution in [0.15, 0.2) is 28.9 Å². The zero-order chi connectivity index (χ0) is 13.8. The number of aryl methyl sites for hydroxylation is 1. The lowest BCUT2D eigenvalue weighted by Gasteiger charge is -2.15. The van der Waals surface area contributed by atoms with Gasteiger partial charge in [-0.2, -0.15) is 0 Å². The number of hydrogen-bond acceptors (Lipinski definition) is 6. The quantitative estimate of drug-likeness (QED) is 0.846. The van der Waals surface area contributed by atoms with E-state index in [1.165, 1.54) is 11.2 Å². The summed E-state index contributed by atoms with van der Waals surface area (Å²) in [7, 11) is 1.65. The van der Waals surface area contributed by atoms with Crippen molar-refractivity contribution in [3.05, 3.63) is 30.3 Å². The van der Waals surface area contributed by atoms with E-state index in [9.17, 15) is 4.79 Å². The number of likely N-dealkylation sites (N-methyl/N-ethyl adjacent to an activating group) is 1. The molecule has 0 spiro atoms. The maximum atomic E-state index is 10.6. The van der Waals surface area contributed by atoms with Crippen molar-refractivity contribution >= 4 is 23.5 Å². The molecule has 2 N–H and O–H groups in total. The molecule has 0 amide bonds. The topological polar surface area (TPSA) is 91.5 Å². The van der Waals surface area contributed by atoms with Crippen LogP contribution in [0.2, 0.25) is 0 Å². The zero-order valence-electron chi connectivity index (χ0n) is 10.6. The van der Waals surface area contributed by atoms with Crippen molar-refractivity contribution in [3.8, 4) is 0 Å². The van der Waals surface area contributed by atoms with Crippen LogP contribution in [0.4, 0.5) is 17.5 Å². The minimum Gasteiger partial charge on any atom is -0.480 e. The molecule has 0 aliphatic rings. The first-order chi connectivity index (χ1) is 9.04. The summed E-state index contributed by atoms with van der Waals surface area (Å²) in [4.78, 5) is 20.2. The number of carbonyl (C=O) groups is 1. The Hall–Kier alpha value is -2.57. The largest absolute Gasteiger partial charge is 0.480 e. The molecule has 0 aliphatic carbocycles. The van der Waals surface area contributed by atoms with Crippen molar-refractivity contribution in [1.82, 2.24) is 9.97 Å². The molecule has 0 radical (unpaired) electrons. The van der Waals surface area contributed by atoms with Crippen LogP contribution >= 0.6 is 0 Å². The molecule has 7 heteroatoms. The Bertz CT molecular complexity index is 582. The molecule has 0 saturated carbocycles. The first-order valence-electron chi connectivity index (χ1n) is 5.63. The van der Waals surface area contributed by atoms with Crippen molar-refractivity contribution in [2.75, 3.05) is 23.8 Å². The zero-order valence-corrected chi connectivity index (χ0v) is 10.6. The number of carboxylic acids is 1. The second kappa shape index (κ2) is 5.38. The normalized spacial score (nSPS) is 10.2. The highest BCUT2D eigenvalue weighted by Gasteiger charge is 2.08. The number of aromatic nitrogens is 2. The third kappa shape index (κ3) is 3.44. The number of aliphatic carboxylic acids is 1.